The molecule has 1 amide bonds. The van der Waals surface area contributed by atoms with Crippen LogP contribution in [0.15, 0.2) is 53.9 Å². The molecule has 1 fully saturated rings. The number of hydrazone groups is 1. The van der Waals surface area contributed by atoms with Gasteiger partial charge in [-0.15, -0.1) is 0 Å². The highest BCUT2D eigenvalue weighted by Crippen LogP contribution is 2.21. The summed E-state index contributed by atoms with van der Waals surface area (Å²) in [6.07, 6.45) is 8.43. The average Bonchev–Trinajstić information content (AvgIpc) is 3.08. The summed E-state index contributed by atoms with van der Waals surface area (Å²) in [5, 5.41) is 4.37. The van der Waals surface area contributed by atoms with Crippen LogP contribution in [0.3, 0.4) is 0 Å². The van der Waals surface area contributed by atoms with Crippen molar-refractivity contribution in [1.82, 2.24) is 9.99 Å². The van der Waals surface area contributed by atoms with E-state index in [1.165, 1.54) is 12.8 Å². The molecule has 0 spiro atoms. The van der Waals surface area contributed by atoms with Crippen LogP contribution in [0.25, 0.3) is 5.69 Å². The Kier molecular flexibility index (Phi) is 4.37. The van der Waals surface area contributed by atoms with Gasteiger partial charge in [-0.2, -0.15) is 5.10 Å². The number of amides is 1. The summed E-state index contributed by atoms with van der Waals surface area (Å²) in [5.74, 6) is 0.309. The van der Waals surface area contributed by atoms with E-state index in [9.17, 15) is 4.79 Å². The normalized spacial score (nSPS) is 20.0. The predicted molar refractivity (Wildman–Crippen MR) is 88.3 cm³/mol. The van der Waals surface area contributed by atoms with Crippen molar-refractivity contribution in [3.05, 3.63) is 54.4 Å². The first kappa shape index (κ1) is 14.6. The summed E-state index contributed by atoms with van der Waals surface area (Å²) < 4.78 is 1.94. The molecule has 0 saturated heterocycles. The minimum atomic E-state index is -0.158. The Morgan fingerprint density at radius 2 is 1.95 bits per heavy atom. The molecule has 4 heteroatoms. The van der Waals surface area contributed by atoms with Crippen molar-refractivity contribution in [2.45, 2.75) is 32.6 Å². The van der Waals surface area contributed by atoms with E-state index in [1.54, 1.807) is 0 Å². The topological polar surface area (TPSA) is 46.4 Å². The van der Waals surface area contributed by atoms with Gasteiger partial charge in [-0.3, -0.25) is 4.79 Å². The lowest BCUT2D eigenvalue weighted by Gasteiger charge is -2.20. The molecule has 1 aromatic carbocycles. The molecule has 1 aromatic heterocycles. The maximum Gasteiger partial charge on any atom is 0.273 e. The Hall–Kier alpha value is -2.36. The third-order valence-electron chi connectivity index (χ3n) is 4.22. The number of hydrogen-bond acceptors (Lipinski definition) is 2. The minimum Gasteiger partial charge on any atom is -0.323 e. The molecule has 1 unspecified atom stereocenters. The molecular formula is C18H21N3O. The fourth-order valence-electron chi connectivity index (χ4n) is 2.90. The zero-order valence-electron chi connectivity index (χ0n) is 12.8. The van der Waals surface area contributed by atoms with Crippen LogP contribution in [-0.2, 0) is 0 Å². The van der Waals surface area contributed by atoms with E-state index in [4.69, 9.17) is 0 Å². The van der Waals surface area contributed by atoms with Gasteiger partial charge in [0, 0.05) is 18.1 Å². The van der Waals surface area contributed by atoms with Crippen molar-refractivity contribution in [2.24, 2.45) is 11.0 Å². The fraction of sp³-hybridized carbons (Fsp3) is 0.333. The summed E-state index contributed by atoms with van der Waals surface area (Å²) in [6.45, 7) is 2.18. The first-order valence-corrected chi connectivity index (χ1v) is 7.85. The number of carbonyl (C=O) groups excluding carboxylic acids is 1. The van der Waals surface area contributed by atoms with Crippen molar-refractivity contribution in [3.8, 4) is 5.69 Å². The zero-order valence-corrected chi connectivity index (χ0v) is 12.8. The Morgan fingerprint density at radius 1 is 1.18 bits per heavy atom. The number of hydrogen-bond donors (Lipinski definition) is 1. The van der Waals surface area contributed by atoms with Crippen LogP contribution in [0.4, 0.5) is 0 Å². The Balaban J connectivity index is 1.80. The Bertz CT molecular complexity index is 673. The summed E-state index contributed by atoms with van der Waals surface area (Å²) in [5.41, 5.74) is 5.34. The van der Waals surface area contributed by atoms with Gasteiger partial charge in [0.15, 0.2) is 0 Å². The summed E-state index contributed by atoms with van der Waals surface area (Å²) in [4.78, 5) is 12.5. The largest absolute Gasteiger partial charge is 0.323 e. The van der Waals surface area contributed by atoms with Gasteiger partial charge in [-0.05, 0) is 49.4 Å². The third-order valence-corrected chi connectivity index (χ3v) is 4.22. The smallest absolute Gasteiger partial charge is 0.273 e. The fourth-order valence-corrected chi connectivity index (χ4v) is 2.90. The minimum absolute atomic E-state index is 0.158. The van der Waals surface area contributed by atoms with E-state index >= 15 is 0 Å². The molecule has 1 N–H and O–H groups in total. The molecule has 3 rings (SSSR count). The van der Waals surface area contributed by atoms with E-state index < -0.39 is 0 Å². The molecule has 0 bridgehead atoms. The maximum atomic E-state index is 12.5. The average molecular weight is 295 g/mol. The van der Waals surface area contributed by atoms with Gasteiger partial charge in [-0.25, -0.2) is 5.43 Å². The van der Waals surface area contributed by atoms with Gasteiger partial charge in [0.1, 0.15) is 0 Å². The predicted octanol–water partition coefficient (Wildman–Crippen LogP) is 3.77. The number of carbonyl (C=O) groups is 1. The monoisotopic (exact) mass is 295 g/mol. The molecule has 114 valence electrons. The van der Waals surface area contributed by atoms with Gasteiger partial charge in [0.25, 0.3) is 5.91 Å². The van der Waals surface area contributed by atoms with Gasteiger partial charge >= 0.3 is 0 Å². The van der Waals surface area contributed by atoms with Crippen LogP contribution in [-0.4, -0.2) is 16.2 Å². The molecule has 1 atom stereocenters. The van der Waals surface area contributed by atoms with Crippen molar-refractivity contribution < 1.29 is 4.79 Å². The number of rotatable bonds is 3. The molecule has 4 nitrogen and oxygen atoms in total. The van der Waals surface area contributed by atoms with Crippen LogP contribution in [0.1, 0.15) is 43.0 Å². The lowest BCUT2D eigenvalue weighted by Crippen LogP contribution is -2.25. The van der Waals surface area contributed by atoms with E-state index in [1.807, 2.05) is 53.4 Å². The number of aromatic nitrogens is 1. The standard InChI is InChI=1S/C18H21N3O/c1-14-8-2-4-10-16(14)19-20-18(22)15-9-3-5-11-17(15)21-12-6-7-13-21/h3,5-7,9,11-14H,2,4,8,10H2,1H3,(H,20,22). The second-order valence-corrected chi connectivity index (χ2v) is 5.80. The van der Waals surface area contributed by atoms with Crippen molar-refractivity contribution in [1.29, 1.82) is 0 Å². The number of nitrogens with zero attached hydrogens (tertiary/aromatic N) is 2. The highest BCUT2D eigenvalue weighted by atomic mass is 16.2. The highest BCUT2D eigenvalue weighted by molar-refractivity contribution is 5.98. The molecule has 0 radical (unpaired) electrons. The van der Waals surface area contributed by atoms with Crippen molar-refractivity contribution in [2.75, 3.05) is 0 Å². The molecule has 1 aliphatic carbocycles. The van der Waals surface area contributed by atoms with E-state index in [2.05, 4.69) is 17.5 Å². The molecular weight excluding hydrogens is 274 g/mol. The van der Waals surface area contributed by atoms with E-state index in [0.29, 0.717) is 11.5 Å². The van der Waals surface area contributed by atoms with Crippen molar-refractivity contribution >= 4 is 11.6 Å². The second-order valence-electron chi connectivity index (χ2n) is 5.80. The van der Waals surface area contributed by atoms with Gasteiger partial charge < -0.3 is 4.57 Å². The van der Waals surface area contributed by atoms with Crippen LogP contribution in [0, 0.1) is 5.92 Å². The number of nitrogens with one attached hydrogen (secondary N) is 1. The molecule has 0 aliphatic heterocycles. The third kappa shape index (κ3) is 3.11. The lowest BCUT2D eigenvalue weighted by molar-refractivity contribution is 0.0954. The quantitative estimate of drug-likeness (QED) is 0.861. The van der Waals surface area contributed by atoms with Gasteiger partial charge in [0.2, 0.25) is 0 Å². The summed E-state index contributed by atoms with van der Waals surface area (Å²) in [6, 6.07) is 11.5. The SMILES string of the molecule is CC1CCCCC1=NNC(=O)c1ccccc1-n1cccc1. The molecule has 1 aliphatic rings. The zero-order chi connectivity index (χ0) is 15.4. The van der Waals surface area contributed by atoms with Crippen LogP contribution < -0.4 is 5.43 Å². The summed E-state index contributed by atoms with van der Waals surface area (Å²) >= 11 is 0. The first-order chi connectivity index (χ1) is 10.8. The maximum absolute atomic E-state index is 12.5. The van der Waals surface area contributed by atoms with Crippen LogP contribution in [0.2, 0.25) is 0 Å². The molecule has 22 heavy (non-hydrogen) atoms. The Labute approximate surface area is 130 Å². The summed E-state index contributed by atoms with van der Waals surface area (Å²) in [7, 11) is 0. The molecule has 2 aromatic rings. The van der Waals surface area contributed by atoms with E-state index in [0.717, 1.165) is 24.2 Å². The Morgan fingerprint density at radius 3 is 2.73 bits per heavy atom. The van der Waals surface area contributed by atoms with Crippen LogP contribution >= 0.6 is 0 Å². The van der Waals surface area contributed by atoms with Gasteiger partial charge in [-0.1, -0.05) is 25.5 Å². The van der Waals surface area contributed by atoms with Gasteiger partial charge in [0.05, 0.1) is 11.3 Å². The number of benzene rings is 1. The number of para-hydroxylation sites is 1. The van der Waals surface area contributed by atoms with Crippen molar-refractivity contribution in [3.63, 3.8) is 0 Å². The first-order valence-electron chi connectivity index (χ1n) is 7.85. The highest BCUT2D eigenvalue weighted by Gasteiger charge is 2.17. The van der Waals surface area contributed by atoms with E-state index in [-0.39, 0.29) is 5.91 Å². The van der Waals surface area contributed by atoms with Crippen LogP contribution in [0.5, 0.6) is 0 Å². The second kappa shape index (κ2) is 6.60. The molecule has 1 saturated carbocycles. The lowest BCUT2D eigenvalue weighted by atomic mass is 9.89. The molecule has 1 heterocycles.